The number of nitrogens with zero attached hydrogens (tertiary/aromatic N) is 4. The van der Waals surface area contributed by atoms with Gasteiger partial charge in [0.25, 0.3) is 5.91 Å². The number of phenols is 2. The van der Waals surface area contributed by atoms with Crippen molar-refractivity contribution in [3.8, 4) is 11.5 Å². The number of anilines is 3. The van der Waals surface area contributed by atoms with Crippen molar-refractivity contribution in [1.29, 1.82) is 0 Å². The van der Waals surface area contributed by atoms with Gasteiger partial charge in [-0.1, -0.05) is 24.3 Å². The number of carboxylic acids is 2. The van der Waals surface area contributed by atoms with Gasteiger partial charge in [0.05, 0.1) is 53.9 Å². The molecule has 3 heterocycles. The number of ketones is 3. The van der Waals surface area contributed by atoms with Crippen molar-refractivity contribution in [3.63, 3.8) is 0 Å². The van der Waals surface area contributed by atoms with E-state index in [4.69, 9.17) is 36.9 Å². The molecule has 1 unspecified atom stereocenters. The molecule has 2 aromatic heterocycles. The number of carboxylic acid groups (broad SMARTS) is 2. The van der Waals surface area contributed by atoms with Crippen LogP contribution in [0.5, 0.6) is 11.5 Å². The summed E-state index contributed by atoms with van der Waals surface area (Å²) in [5.74, 6) is -5.67. The average molecular weight is 924 g/mol. The number of aliphatic carboxylic acids is 2. The molecule has 1 saturated heterocycles. The van der Waals surface area contributed by atoms with E-state index in [1.54, 1.807) is 24.3 Å². The van der Waals surface area contributed by atoms with Gasteiger partial charge in [-0.3, -0.25) is 24.0 Å². The second-order valence-corrected chi connectivity index (χ2v) is 16.1. The number of phenolic OH excluding ortho intramolecular Hbond substituents is 2. The van der Waals surface area contributed by atoms with Crippen molar-refractivity contribution in [2.45, 2.75) is 81.8 Å². The Morgan fingerprint density at radius 3 is 2.19 bits per heavy atom. The molecule has 23 nitrogen and oxygen atoms in total. The van der Waals surface area contributed by atoms with Crippen LogP contribution in [0.1, 0.15) is 97.7 Å². The van der Waals surface area contributed by atoms with E-state index in [1.807, 2.05) is 0 Å². The molecule has 67 heavy (non-hydrogen) atoms. The Bertz CT molecular complexity index is 2830. The highest BCUT2D eigenvalue weighted by Gasteiger charge is 2.48. The van der Waals surface area contributed by atoms with Gasteiger partial charge in [0.2, 0.25) is 5.95 Å². The normalized spacial score (nSPS) is 21.1. The number of aromatic hydroxyl groups is 2. The molecule has 1 aliphatic heterocycles. The van der Waals surface area contributed by atoms with Crippen LogP contribution >= 0.6 is 0 Å². The largest absolute Gasteiger partial charge is 0.507 e. The van der Waals surface area contributed by atoms with E-state index < -0.39 is 82.9 Å². The summed E-state index contributed by atoms with van der Waals surface area (Å²) in [5.41, 5.74) is 17.9. The molecule has 6 atom stereocenters. The van der Waals surface area contributed by atoms with Crippen LogP contribution in [0.25, 0.3) is 11.2 Å². The molecule has 8 rings (SSSR count). The van der Waals surface area contributed by atoms with Gasteiger partial charge in [-0.15, -0.1) is 0 Å². The minimum atomic E-state index is -1.50. The van der Waals surface area contributed by atoms with Gasteiger partial charge in [0, 0.05) is 59.2 Å². The molecular formula is C44H45N9O14. The number of carbonyl (C=O) groups excluding carboxylic acids is 4. The van der Waals surface area contributed by atoms with Crippen LogP contribution in [0, 0.1) is 0 Å². The van der Waals surface area contributed by atoms with E-state index in [1.165, 1.54) is 37.4 Å². The number of benzene rings is 3. The summed E-state index contributed by atoms with van der Waals surface area (Å²) in [5, 5.41) is 65.5. The van der Waals surface area contributed by atoms with E-state index >= 15 is 0 Å². The first-order valence-electron chi connectivity index (χ1n) is 20.6. The predicted molar refractivity (Wildman–Crippen MR) is 233 cm³/mol. The number of aliphatic hydroxyl groups is 2. The Labute approximate surface area is 379 Å². The number of nitrogens with two attached hydrogens (primary N) is 3. The highest BCUT2D eigenvalue weighted by molar-refractivity contribution is 6.30. The Morgan fingerprint density at radius 2 is 1.58 bits per heavy atom. The van der Waals surface area contributed by atoms with Crippen LogP contribution in [0.2, 0.25) is 0 Å². The van der Waals surface area contributed by atoms with E-state index in [0.717, 1.165) is 0 Å². The van der Waals surface area contributed by atoms with Gasteiger partial charge in [0.1, 0.15) is 29.4 Å². The number of Topliss-reactive ketones (excluding diaryl/α,β-unsaturated/α-hetero) is 1. The molecule has 350 valence electrons. The van der Waals surface area contributed by atoms with E-state index in [0.29, 0.717) is 23.4 Å². The monoisotopic (exact) mass is 923 g/mol. The van der Waals surface area contributed by atoms with E-state index in [2.05, 4.69) is 30.6 Å². The summed E-state index contributed by atoms with van der Waals surface area (Å²) in [7, 11) is 0. The molecule has 1 amide bonds. The third kappa shape index (κ3) is 9.80. The van der Waals surface area contributed by atoms with Crippen LogP contribution in [0.15, 0.2) is 54.7 Å². The fraction of sp³-hybridized carbons (Fsp3) is 0.318. The van der Waals surface area contributed by atoms with Crippen LogP contribution in [-0.2, 0) is 36.8 Å². The van der Waals surface area contributed by atoms with Crippen molar-refractivity contribution in [2.24, 2.45) is 5.73 Å². The number of rotatable bonds is 12. The average Bonchev–Trinajstić information content (AvgIpc) is 3.28. The lowest BCUT2D eigenvalue weighted by Crippen LogP contribution is -2.53. The molecule has 0 saturated carbocycles. The Balaban J connectivity index is 0.000000200. The third-order valence-corrected chi connectivity index (χ3v) is 11.5. The minimum Gasteiger partial charge on any atom is -0.507 e. The number of hydrogen-bond donors (Lipinski definition) is 11. The van der Waals surface area contributed by atoms with E-state index in [9.17, 15) is 49.2 Å². The van der Waals surface area contributed by atoms with Gasteiger partial charge in [-0.05, 0) is 37.6 Å². The number of amides is 1. The molecule has 3 aliphatic rings. The van der Waals surface area contributed by atoms with Crippen molar-refractivity contribution in [3.05, 3.63) is 99.4 Å². The fourth-order valence-corrected chi connectivity index (χ4v) is 7.90. The van der Waals surface area contributed by atoms with Gasteiger partial charge in [-0.25, -0.2) is 14.8 Å². The van der Waals surface area contributed by atoms with Crippen molar-refractivity contribution in [2.75, 3.05) is 23.4 Å². The zero-order valence-corrected chi connectivity index (χ0v) is 35.5. The first-order chi connectivity index (χ1) is 31.8. The zero-order chi connectivity index (χ0) is 48.5. The van der Waals surface area contributed by atoms with Crippen molar-refractivity contribution < 1.29 is 68.9 Å². The highest BCUT2D eigenvalue weighted by Crippen LogP contribution is 2.51. The lowest BCUT2D eigenvalue weighted by Gasteiger charge is -2.41. The standard InChI is InChI=1S/C25H25NO9.C19H20N8O5/c1-10(27)25(26)7-13-18(16(8-25)35-17-6-14(28)15(29)9-34-17)24(33)20-19(23(13)32)21(30)11-4-2-3-5-12(11)22(20)31;20-15-14-16(27-19(21)26-15)23-8-11(24-14)7-22-10-3-1-9(2-4-10)17(30)25-12(18(31)32)5-6-13(28)29/h2-5,14-17,28-29,32-33H,6-9,26H2,1H3;1-4,8,12,22H,5-7H2,(H,25,30)(H,28,29)(H,31,32)(H4,20,21,23,26,27)/t14-,15+,16-,17-,25-;/m0./s1. The van der Waals surface area contributed by atoms with Crippen molar-refractivity contribution in [1.82, 2.24) is 25.3 Å². The van der Waals surface area contributed by atoms with Crippen LogP contribution < -0.4 is 27.8 Å². The maximum atomic E-state index is 13.3. The molecule has 0 spiro atoms. The van der Waals surface area contributed by atoms with Crippen LogP contribution in [0.3, 0.4) is 0 Å². The van der Waals surface area contributed by atoms with Crippen LogP contribution in [-0.4, -0.2) is 122 Å². The number of fused-ring (bicyclic) bond motifs is 4. The summed E-state index contributed by atoms with van der Waals surface area (Å²) >= 11 is 0. The van der Waals surface area contributed by atoms with Crippen LogP contribution in [0.4, 0.5) is 17.5 Å². The summed E-state index contributed by atoms with van der Waals surface area (Å²) in [6, 6.07) is 11.1. The lowest BCUT2D eigenvalue weighted by atomic mass is 9.71. The second-order valence-electron chi connectivity index (χ2n) is 16.1. The van der Waals surface area contributed by atoms with Gasteiger partial charge in [0.15, 0.2) is 34.8 Å². The highest BCUT2D eigenvalue weighted by atomic mass is 16.7. The number of aromatic nitrogens is 4. The lowest BCUT2D eigenvalue weighted by molar-refractivity contribution is -0.238. The van der Waals surface area contributed by atoms with E-state index in [-0.39, 0.29) is 95.1 Å². The summed E-state index contributed by atoms with van der Waals surface area (Å²) in [6.07, 6.45) is -3.81. The number of nitrogens with one attached hydrogen (secondary N) is 2. The molecule has 3 aromatic carbocycles. The molecule has 1 fully saturated rings. The van der Waals surface area contributed by atoms with Gasteiger partial charge >= 0.3 is 11.9 Å². The number of hydrogen-bond acceptors (Lipinski definition) is 20. The number of nitrogen functional groups attached to an aromatic ring is 2. The molecule has 14 N–H and O–H groups in total. The first kappa shape index (κ1) is 47.3. The first-order valence-corrected chi connectivity index (χ1v) is 20.6. The zero-order valence-electron chi connectivity index (χ0n) is 35.5. The molecular weight excluding hydrogens is 879 g/mol. The second kappa shape index (κ2) is 19.0. The molecule has 5 aromatic rings. The molecule has 2 aliphatic carbocycles. The third-order valence-electron chi connectivity index (χ3n) is 11.5. The number of carbonyl (C=O) groups is 6. The smallest absolute Gasteiger partial charge is 0.326 e. The quantitative estimate of drug-likeness (QED) is 0.0759. The maximum Gasteiger partial charge on any atom is 0.326 e. The molecule has 0 radical (unpaired) electrons. The number of aliphatic hydroxyl groups excluding tert-OH is 2. The topological polar surface area (TPSA) is 396 Å². The summed E-state index contributed by atoms with van der Waals surface area (Å²) in [6.45, 7) is 1.39. The van der Waals surface area contributed by atoms with Crippen molar-refractivity contribution >= 4 is 63.8 Å². The summed E-state index contributed by atoms with van der Waals surface area (Å²) < 4.78 is 11.4. The fourth-order valence-electron chi connectivity index (χ4n) is 7.90. The molecule has 23 heteroatoms. The van der Waals surface area contributed by atoms with Gasteiger partial charge in [-0.2, -0.15) is 9.97 Å². The summed E-state index contributed by atoms with van der Waals surface area (Å²) in [4.78, 5) is 89.5. The Kier molecular flexibility index (Phi) is 13.4. The minimum absolute atomic E-state index is 0.0101. The molecule has 0 bridgehead atoms. The maximum absolute atomic E-state index is 13.3. The SMILES string of the molecule is CC(=O)[C@]1(N)Cc2c(O)c3c(c(O)c2[C@@H](O[C@H]2C[C@H](O)[C@H](O)CO2)C1)C(=O)c1ccccc1C3=O.Nc1nc(N)c2nc(CNc3ccc(C(=O)NC(CCC(=O)O)C(=O)O)cc3)cnc2n1. The number of ether oxygens (including phenoxy) is 2. The van der Waals surface area contributed by atoms with Gasteiger partial charge < -0.3 is 67.9 Å². The Morgan fingerprint density at radius 1 is 0.925 bits per heavy atom. The Hall–Kier alpha value is -7.70. The predicted octanol–water partition coefficient (Wildman–Crippen LogP) is 0.876.